The Balaban J connectivity index is 1.85. The van der Waals surface area contributed by atoms with Crippen LogP contribution in [0.1, 0.15) is 66.5 Å². The number of nitrogens with zero attached hydrogens (tertiary/aromatic N) is 2. The van der Waals surface area contributed by atoms with E-state index in [1.807, 2.05) is 0 Å². The average molecular weight is 596 g/mol. The minimum absolute atomic E-state index is 0.0312. The summed E-state index contributed by atoms with van der Waals surface area (Å²) in [6, 6.07) is 6.76. The number of anilines is 1. The number of pyridine rings is 1. The fraction of sp³-hybridized carbons (Fsp3) is 0.387. The van der Waals surface area contributed by atoms with Crippen LogP contribution >= 0.6 is 0 Å². The summed E-state index contributed by atoms with van der Waals surface area (Å²) in [4.78, 5) is 19.6. The summed E-state index contributed by atoms with van der Waals surface area (Å²) in [6.07, 6.45) is -3.11. The van der Waals surface area contributed by atoms with Crippen molar-refractivity contribution in [1.29, 1.82) is 0 Å². The largest absolute Gasteiger partial charge is 0.416 e. The molecule has 1 N–H and O–H groups in total. The fourth-order valence-electron chi connectivity index (χ4n) is 5.36. The smallest absolute Gasteiger partial charge is 0.395 e. The summed E-state index contributed by atoms with van der Waals surface area (Å²) in [6.45, 7) is 1.69. The van der Waals surface area contributed by atoms with Crippen molar-refractivity contribution in [3.63, 3.8) is 0 Å². The Bertz CT molecular complexity index is 1430. The van der Waals surface area contributed by atoms with Crippen molar-refractivity contribution in [2.24, 2.45) is 0 Å². The van der Waals surface area contributed by atoms with Crippen LogP contribution < -0.4 is 4.90 Å². The van der Waals surface area contributed by atoms with Crippen molar-refractivity contribution >= 4 is 11.6 Å². The number of aromatic nitrogens is 1. The van der Waals surface area contributed by atoms with E-state index in [1.165, 1.54) is 31.4 Å². The zero-order valence-electron chi connectivity index (χ0n) is 23.2. The van der Waals surface area contributed by atoms with Gasteiger partial charge in [-0.1, -0.05) is 6.07 Å². The van der Waals surface area contributed by atoms with Crippen molar-refractivity contribution in [1.82, 2.24) is 4.98 Å². The molecule has 1 saturated carbocycles. The first-order valence-corrected chi connectivity index (χ1v) is 13.3. The van der Waals surface area contributed by atoms with Crippen molar-refractivity contribution < 1.29 is 40.6 Å². The second-order valence-corrected chi connectivity index (χ2v) is 10.9. The van der Waals surface area contributed by atoms with Gasteiger partial charge in [0.15, 0.2) is 0 Å². The van der Waals surface area contributed by atoms with Crippen LogP contribution in [-0.2, 0) is 22.6 Å². The minimum Gasteiger partial charge on any atom is -0.395 e. The van der Waals surface area contributed by atoms with E-state index >= 15 is 0 Å². The van der Waals surface area contributed by atoms with E-state index < -0.39 is 52.8 Å². The third-order valence-electron chi connectivity index (χ3n) is 7.92. The number of aliphatic hydroxyl groups excluding tert-OH is 1. The van der Waals surface area contributed by atoms with E-state index in [1.54, 1.807) is 13.0 Å². The summed E-state index contributed by atoms with van der Waals surface area (Å²) >= 11 is 0. The molecule has 1 unspecified atom stereocenters. The maximum absolute atomic E-state index is 14.0. The molecule has 0 saturated heterocycles. The third kappa shape index (κ3) is 6.30. The van der Waals surface area contributed by atoms with Crippen LogP contribution in [0.2, 0.25) is 0 Å². The van der Waals surface area contributed by atoms with Gasteiger partial charge in [-0.05, 0) is 99.0 Å². The lowest BCUT2D eigenvalue weighted by Crippen LogP contribution is -2.46. The van der Waals surface area contributed by atoms with Gasteiger partial charge in [-0.3, -0.25) is 9.78 Å². The molecule has 2 aromatic carbocycles. The quantitative estimate of drug-likeness (QED) is 0.294. The van der Waals surface area contributed by atoms with E-state index in [0.717, 1.165) is 43.2 Å². The summed E-state index contributed by atoms with van der Waals surface area (Å²) in [5.41, 5.74) is -3.47. The van der Waals surface area contributed by atoms with Gasteiger partial charge in [0.1, 0.15) is 5.82 Å². The Morgan fingerprint density at radius 1 is 0.929 bits per heavy atom. The standard InChI is InChI=1S/C31H30F7N2O2/c1-18-11-23(32)9-10-24(18)25-15-26(19-7-5-4-6-8-19)39-16-27(25)40(3)28(42)29(2,17-41)20-12-21(30(33,34)35)14-22(13-20)31(36,37)38/h4,9-16,19,41H,5-8,17H2,1-3H3. The number of carbonyl (C=O) groups is 1. The molecule has 1 amide bonds. The summed E-state index contributed by atoms with van der Waals surface area (Å²) in [5, 5.41) is 10.3. The maximum Gasteiger partial charge on any atom is 0.416 e. The fourth-order valence-corrected chi connectivity index (χ4v) is 5.36. The molecule has 4 nitrogen and oxygen atoms in total. The molecule has 0 aliphatic heterocycles. The number of aryl methyl sites for hydroxylation is 1. The second-order valence-electron chi connectivity index (χ2n) is 10.9. The Hall–Kier alpha value is -3.47. The van der Waals surface area contributed by atoms with Gasteiger partial charge in [-0.15, -0.1) is 0 Å². The number of likely N-dealkylation sites (N-methyl/N-ethyl adjacent to an activating group) is 1. The predicted octanol–water partition coefficient (Wildman–Crippen LogP) is 8.01. The molecule has 42 heavy (non-hydrogen) atoms. The molecule has 225 valence electrons. The van der Waals surface area contributed by atoms with Crippen molar-refractivity contribution in [3.05, 3.63) is 88.8 Å². The first kappa shape index (κ1) is 31.5. The first-order valence-electron chi connectivity index (χ1n) is 13.3. The highest BCUT2D eigenvalue weighted by Crippen LogP contribution is 2.42. The molecule has 11 heteroatoms. The molecule has 1 aliphatic rings. The molecular formula is C31H30F7N2O2. The predicted molar refractivity (Wildman–Crippen MR) is 144 cm³/mol. The zero-order valence-corrected chi connectivity index (χ0v) is 23.2. The highest BCUT2D eigenvalue weighted by atomic mass is 19.4. The first-order chi connectivity index (χ1) is 19.6. The number of alkyl halides is 6. The van der Waals surface area contributed by atoms with E-state index in [2.05, 4.69) is 11.4 Å². The highest BCUT2D eigenvalue weighted by Gasteiger charge is 2.43. The molecule has 4 rings (SSSR count). The Kier molecular flexibility index (Phi) is 8.74. The van der Waals surface area contributed by atoms with Crippen molar-refractivity contribution in [2.75, 3.05) is 18.6 Å². The molecule has 0 spiro atoms. The van der Waals surface area contributed by atoms with E-state index in [0.29, 0.717) is 28.8 Å². The molecule has 1 heterocycles. The summed E-state index contributed by atoms with van der Waals surface area (Å²) in [7, 11) is 1.31. The van der Waals surface area contributed by atoms with Gasteiger partial charge in [0.25, 0.3) is 0 Å². The lowest BCUT2D eigenvalue weighted by molar-refractivity contribution is -0.143. The average Bonchev–Trinajstić information content (AvgIpc) is 2.95. The van der Waals surface area contributed by atoms with Crippen LogP contribution in [0.25, 0.3) is 11.1 Å². The monoisotopic (exact) mass is 595 g/mol. The Labute approximate surface area is 239 Å². The number of benzene rings is 2. The van der Waals surface area contributed by atoms with Crippen LogP contribution in [0.15, 0.2) is 48.7 Å². The van der Waals surface area contributed by atoms with Gasteiger partial charge in [-0.2, -0.15) is 26.3 Å². The van der Waals surface area contributed by atoms with Gasteiger partial charge >= 0.3 is 12.4 Å². The molecular weight excluding hydrogens is 565 g/mol. The third-order valence-corrected chi connectivity index (χ3v) is 7.92. The number of hydrogen-bond acceptors (Lipinski definition) is 3. The molecule has 3 aromatic rings. The lowest BCUT2D eigenvalue weighted by Gasteiger charge is -2.33. The number of halogens is 7. The Morgan fingerprint density at radius 3 is 2.02 bits per heavy atom. The van der Waals surface area contributed by atoms with Gasteiger partial charge in [0.2, 0.25) is 5.91 Å². The molecule has 1 fully saturated rings. The summed E-state index contributed by atoms with van der Waals surface area (Å²) in [5.74, 6) is -1.30. The van der Waals surface area contributed by atoms with Crippen LogP contribution in [0.3, 0.4) is 0 Å². The van der Waals surface area contributed by atoms with Gasteiger partial charge in [0.05, 0.1) is 35.0 Å². The van der Waals surface area contributed by atoms with Crippen molar-refractivity contribution in [2.45, 2.75) is 63.2 Å². The molecule has 1 radical (unpaired) electrons. The van der Waals surface area contributed by atoms with Gasteiger partial charge < -0.3 is 10.0 Å². The van der Waals surface area contributed by atoms with E-state index in [9.17, 15) is 40.6 Å². The molecule has 1 aliphatic carbocycles. The number of amides is 1. The Morgan fingerprint density at radius 2 is 1.50 bits per heavy atom. The minimum atomic E-state index is -5.13. The van der Waals surface area contributed by atoms with Gasteiger partial charge in [-0.25, -0.2) is 4.39 Å². The lowest BCUT2D eigenvalue weighted by atomic mass is 9.80. The second kappa shape index (κ2) is 11.7. The molecule has 1 atom stereocenters. The number of carbonyl (C=O) groups excluding carboxylic acids is 1. The van der Waals surface area contributed by atoms with E-state index in [4.69, 9.17) is 0 Å². The normalized spacial score (nSPS) is 16.3. The van der Waals surface area contributed by atoms with Crippen LogP contribution in [0.4, 0.5) is 36.4 Å². The van der Waals surface area contributed by atoms with Crippen LogP contribution in [0, 0.1) is 19.2 Å². The summed E-state index contributed by atoms with van der Waals surface area (Å²) < 4.78 is 95.5. The van der Waals surface area contributed by atoms with Crippen molar-refractivity contribution in [3.8, 4) is 11.1 Å². The highest BCUT2D eigenvalue weighted by molar-refractivity contribution is 6.03. The van der Waals surface area contributed by atoms with Crippen LogP contribution in [0.5, 0.6) is 0 Å². The molecule has 0 bridgehead atoms. The van der Waals surface area contributed by atoms with E-state index in [-0.39, 0.29) is 17.7 Å². The topological polar surface area (TPSA) is 53.4 Å². The number of hydrogen-bond donors (Lipinski definition) is 1. The molecule has 1 aromatic heterocycles. The maximum atomic E-state index is 14.0. The number of aliphatic hydroxyl groups is 1. The zero-order chi connectivity index (χ0) is 31.0. The van der Waals surface area contributed by atoms with Crippen LogP contribution in [-0.4, -0.2) is 29.7 Å². The number of rotatable bonds is 6. The van der Waals surface area contributed by atoms with Gasteiger partial charge in [0, 0.05) is 24.2 Å². The SMILES string of the molecule is Cc1cc(F)ccc1-c1cc(C2CC[CH]CC2)ncc1N(C)C(=O)C(C)(CO)c1cc(C(F)(F)F)cc(C(F)(F)F)c1.